The Morgan fingerprint density at radius 1 is 1.28 bits per heavy atom. The zero-order valence-electron chi connectivity index (χ0n) is 12.8. The molecule has 0 aliphatic heterocycles. The number of rotatable bonds is 3. The van der Waals surface area contributed by atoms with Gasteiger partial charge in [-0.25, -0.2) is 9.50 Å². The van der Waals surface area contributed by atoms with E-state index in [1.54, 1.807) is 18.2 Å². The average Bonchev–Trinajstić information content (AvgIpc) is 3.25. The Kier molecular flexibility index (Phi) is 3.29. The largest absolute Gasteiger partial charge is 0.341 e. The van der Waals surface area contributed by atoms with Crippen LogP contribution in [0.1, 0.15) is 10.4 Å². The highest BCUT2D eigenvalue weighted by Gasteiger charge is 2.16. The van der Waals surface area contributed by atoms with Crippen molar-refractivity contribution in [2.45, 2.75) is 0 Å². The smallest absolute Gasteiger partial charge is 0.273 e. The van der Waals surface area contributed by atoms with Crippen molar-refractivity contribution in [1.82, 2.24) is 35.3 Å². The zero-order chi connectivity index (χ0) is 17.4. The summed E-state index contributed by atoms with van der Waals surface area (Å²) in [5, 5.41) is 15.8. The molecule has 0 bridgehead atoms. The molecule has 122 valence electrons. The number of carbonyl (C=O) groups is 1. The van der Waals surface area contributed by atoms with Crippen molar-refractivity contribution in [3.05, 3.63) is 46.4 Å². The Morgan fingerprint density at radius 2 is 2.12 bits per heavy atom. The minimum Gasteiger partial charge on any atom is -0.341 e. The summed E-state index contributed by atoms with van der Waals surface area (Å²) in [6.45, 7) is 0.0862. The third-order valence-electron chi connectivity index (χ3n) is 3.71. The maximum absolute atomic E-state index is 12.3. The molecule has 9 heteroatoms. The highest BCUT2D eigenvalue weighted by molar-refractivity contribution is 6.00. The van der Waals surface area contributed by atoms with E-state index in [1.807, 2.05) is 0 Å². The van der Waals surface area contributed by atoms with Crippen molar-refractivity contribution in [3.8, 4) is 23.6 Å². The number of carbonyl (C=O) groups excluding carboxylic acids is 1. The molecule has 1 aromatic carbocycles. The molecule has 25 heavy (non-hydrogen) atoms. The molecule has 1 amide bonds. The summed E-state index contributed by atoms with van der Waals surface area (Å²) in [7, 11) is 0. The molecular weight excluding hydrogens is 322 g/mol. The Balaban J connectivity index is 1.86. The Bertz CT molecular complexity index is 1210. The van der Waals surface area contributed by atoms with Crippen LogP contribution in [0, 0.1) is 12.3 Å². The molecule has 3 aromatic heterocycles. The lowest BCUT2D eigenvalue weighted by atomic mass is 10.1. The summed E-state index contributed by atoms with van der Waals surface area (Å²) in [6.07, 6.45) is 6.56. The van der Waals surface area contributed by atoms with Gasteiger partial charge < -0.3 is 5.32 Å². The van der Waals surface area contributed by atoms with Gasteiger partial charge in [-0.2, -0.15) is 15.4 Å². The maximum atomic E-state index is 12.3. The summed E-state index contributed by atoms with van der Waals surface area (Å²) in [6, 6.07) is 6.71. The van der Waals surface area contributed by atoms with Gasteiger partial charge in [-0.05, 0) is 12.1 Å². The lowest BCUT2D eigenvalue weighted by molar-refractivity contribution is 0.0960. The molecule has 3 N–H and O–H groups in total. The van der Waals surface area contributed by atoms with Gasteiger partial charge in [0.2, 0.25) is 0 Å². The fourth-order valence-corrected chi connectivity index (χ4v) is 2.52. The minimum atomic E-state index is -0.410. The van der Waals surface area contributed by atoms with Gasteiger partial charge in [-0.3, -0.25) is 14.7 Å². The van der Waals surface area contributed by atoms with E-state index in [4.69, 9.17) is 6.42 Å². The fraction of sp³-hybridized carbons (Fsp3) is 0.0625. The summed E-state index contributed by atoms with van der Waals surface area (Å²) < 4.78 is 1.20. The van der Waals surface area contributed by atoms with Crippen molar-refractivity contribution in [1.29, 1.82) is 0 Å². The van der Waals surface area contributed by atoms with Crippen molar-refractivity contribution >= 4 is 22.6 Å². The predicted octanol–water partition coefficient (Wildman–Crippen LogP) is 0.324. The third kappa shape index (κ3) is 2.42. The molecule has 0 saturated carbocycles. The number of amides is 1. The van der Waals surface area contributed by atoms with Crippen LogP contribution in [-0.4, -0.2) is 42.5 Å². The first-order valence-electron chi connectivity index (χ1n) is 7.31. The van der Waals surface area contributed by atoms with Crippen LogP contribution in [0.5, 0.6) is 0 Å². The van der Waals surface area contributed by atoms with Gasteiger partial charge in [-0.1, -0.05) is 12.0 Å². The number of hydrogen-bond donors (Lipinski definition) is 3. The molecule has 4 aromatic rings. The number of terminal acetylenes is 1. The van der Waals surface area contributed by atoms with Crippen LogP contribution >= 0.6 is 0 Å². The zero-order valence-corrected chi connectivity index (χ0v) is 12.8. The number of fused-ring (bicyclic) bond motifs is 2. The van der Waals surface area contributed by atoms with E-state index < -0.39 is 5.91 Å². The number of benzene rings is 1. The highest BCUT2D eigenvalue weighted by Crippen LogP contribution is 2.21. The fourth-order valence-electron chi connectivity index (χ4n) is 2.52. The van der Waals surface area contributed by atoms with Crippen LogP contribution in [0.3, 0.4) is 0 Å². The van der Waals surface area contributed by atoms with Gasteiger partial charge in [0.1, 0.15) is 16.6 Å². The molecule has 4 rings (SSSR count). The van der Waals surface area contributed by atoms with E-state index in [2.05, 4.69) is 36.7 Å². The van der Waals surface area contributed by atoms with Crippen LogP contribution in [0.4, 0.5) is 0 Å². The van der Waals surface area contributed by atoms with Crippen LogP contribution in [-0.2, 0) is 0 Å². The minimum absolute atomic E-state index is 0.0862. The van der Waals surface area contributed by atoms with Gasteiger partial charge in [0.15, 0.2) is 5.65 Å². The average molecular weight is 333 g/mol. The molecule has 0 aliphatic rings. The monoisotopic (exact) mass is 333 g/mol. The molecule has 0 fully saturated rings. The summed E-state index contributed by atoms with van der Waals surface area (Å²) in [5.74, 6) is 1.92. The number of hydrogen-bond acceptors (Lipinski definition) is 5. The van der Waals surface area contributed by atoms with Crippen LogP contribution in [0.25, 0.3) is 27.9 Å². The molecule has 9 nitrogen and oxygen atoms in total. The van der Waals surface area contributed by atoms with Crippen molar-refractivity contribution < 1.29 is 4.79 Å². The van der Waals surface area contributed by atoms with E-state index in [-0.39, 0.29) is 23.3 Å². The number of H-pyrrole nitrogens is 2. The van der Waals surface area contributed by atoms with Gasteiger partial charge in [0.05, 0.1) is 12.2 Å². The quantitative estimate of drug-likeness (QED) is 0.466. The standard InChI is InChI=1S/C16H11N7O2/c1-2-5-17-16(25)10-8-18-23-14(24)7-12(19-15(10)23)9-3-4-11-13(6-9)21-22-20-11/h1,3-4,6-8,18H,5H2,(H,17,25)(H,20,21,22). The number of aromatic amines is 2. The molecule has 3 heterocycles. The van der Waals surface area contributed by atoms with E-state index in [1.165, 1.54) is 16.8 Å². The molecule has 0 atom stereocenters. The Morgan fingerprint density at radius 3 is 2.96 bits per heavy atom. The second-order valence-electron chi connectivity index (χ2n) is 5.24. The maximum Gasteiger partial charge on any atom is 0.273 e. The molecule has 0 saturated heterocycles. The number of aromatic nitrogens is 6. The van der Waals surface area contributed by atoms with Crippen molar-refractivity contribution in [2.24, 2.45) is 0 Å². The van der Waals surface area contributed by atoms with E-state index in [0.717, 1.165) is 0 Å². The summed E-state index contributed by atoms with van der Waals surface area (Å²) >= 11 is 0. The van der Waals surface area contributed by atoms with Gasteiger partial charge >= 0.3 is 0 Å². The van der Waals surface area contributed by atoms with E-state index in [9.17, 15) is 9.59 Å². The predicted molar refractivity (Wildman–Crippen MR) is 89.9 cm³/mol. The summed E-state index contributed by atoms with van der Waals surface area (Å²) in [5.41, 5.74) is 2.60. The van der Waals surface area contributed by atoms with Gasteiger partial charge in [-0.15, -0.1) is 6.42 Å². The van der Waals surface area contributed by atoms with Crippen molar-refractivity contribution in [2.75, 3.05) is 6.54 Å². The Labute approximate surface area is 140 Å². The van der Waals surface area contributed by atoms with E-state index >= 15 is 0 Å². The molecule has 0 aliphatic carbocycles. The SMILES string of the molecule is C#CCNC(=O)c1c[nH]n2c(=O)cc(-c3ccc4n[nH]nc4c3)nc12. The summed E-state index contributed by atoms with van der Waals surface area (Å²) in [4.78, 5) is 29.0. The second kappa shape index (κ2) is 5.61. The third-order valence-corrected chi connectivity index (χ3v) is 3.71. The topological polar surface area (TPSA) is 121 Å². The van der Waals surface area contributed by atoms with Crippen LogP contribution < -0.4 is 10.9 Å². The lowest BCUT2D eigenvalue weighted by Crippen LogP contribution is -2.24. The van der Waals surface area contributed by atoms with Crippen molar-refractivity contribution in [3.63, 3.8) is 0 Å². The van der Waals surface area contributed by atoms with E-state index in [0.29, 0.717) is 22.3 Å². The number of nitrogens with one attached hydrogen (secondary N) is 3. The second-order valence-corrected chi connectivity index (χ2v) is 5.24. The van der Waals surface area contributed by atoms with Gasteiger partial charge in [0, 0.05) is 17.8 Å². The molecule has 0 unspecified atom stereocenters. The number of nitrogens with zero attached hydrogens (tertiary/aromatic N) is 4. The van der Waals surface area contributed by atoms with Crippen LogP contribution in [0.2, 0.25) is 0 Å². The normalized spacial score (nSPS) is 10.8. The first-order valence-corrected chi connectivity index (χ1v) is 7.31. The lowest BCUT2D eigenvalue weighted by Gasteiger charge is -2.03. The first-order chi connectivity index (χ1) is 12.2. The van der Waals surface area contributed by atoms with Gasteiger partial charge in [0.25, 0.3) is 11.5 Å². The molecule has 0 radical (unpaired) electrons. The Hall–Kier alpha value is -3.93. The first kappa shape index (κ1) is 14.6. The molecular formula is C16H11N7O2. The highest BCUT2D eigenvalue weighted by atomic mass is 16.2. The van der Waals surface area contributed by atoms with Crippen LogP contribution in [0.15, 0.2) is 35.3 Å². The molecule has 0 spiro atoms.